The van der Waals surface area contributed by atoms with Gasteiger partial charge in [0.1, 0.15) is 5.82 Å². The summed E-state index contributed by atoms with van der Waals surface area (Å²) in [5, 5.41) is 10.8. The molecule has 0 heterocycles. The van der Waals surface area contributed by atoms with Crippen molar-refractivity contribution in [2.75, 3.05) is 4.72 Å². The average Bonchev–Trinajstić information content (AvgIpc) is 2.48. The number of carbonyl (C=O) groups is 1. The van der Waals surface area contributed by atoms with Crippen LogP contribution in [-0.2, 0) is 10.0 Å². The van der Waals surface area contributed by atoms with Crippen molar-refractivity contribution in [2.24, 2.45) is 0 Å². The van der Waals surface area contributed by atoms with Crippen LogP contribution in [0.5, 0.6) is 0 Å². The minimum Gasteiger partial charge on any atom is -0.545 e. The second kappa shape index (κ2) is 7.14. The third-order valence-electron chi connectivity index (χ3n) is 2.80. The molecule has 128 valence electrons. The SMILES string of the molecule is O=C([O-])c1cc(S(=O)(=O)Nc2ccc(SC(F)F)cc2)ccc1F. The zero-order chi connectivity index (χ0) is 17.9. The lowest BCUT2D eigenvalue weighted by Crippen LogP contribution is -2.24. The van der Waals surface area contributed by atoms with Gasteiger partial charge in [-0.05, 0) is 42.5 Å². The molecule has 0 saturated carbocycles. The molecule has 5 nitrogen and oxygen atoms in total. The summed E-state index contributed by atoms with van der Waals surface area (Å²) in [6, 6.07) is 7.36. The number of rotatable bonds is 6. The Morgan fingerprint density at radius 1 is 1.12 bits per heavy atom. The van der Waals surface area contributed by atoms with E-state index in [4.69, 9.17) is 0 Å². The highest BCUT2D eigenvalue weighted by Crippen LogP contribution is 2.27. The molecule has 2 aromatic rings. The first-order valence-electron chi connectivity index (χ1n) is 6.27. The van der Waals surface area contributed by atoms with Crippen LogP contribution in [0.2, 0.25) is 0 Å². The fourth-order valence-electron chi connectivity index (χ4n) is 1.75. The van der Waals surface area contributed by atoms with Crippen LogP contribution in [0.4, 0.5) is 18.9 Å². The van der Waals surface area contributed by atoms with Crippen LogP contribution >= 0.6 is 11.8 Å². The van der Waals surface area contributed by atoms with Crippen LogP contribution < -0.4 is 9.83 Å². The number of alkyl halides is 2. The molecule has 0 aliphatic heterocycles. The van der Waals surface area contributed by atoms with E-state index < -0.39 is 38.0 Å². The standard InChI is InChI=1S/C14H10F3NO4S2/c15-12-6-5-10(7-11(12)13(19)20)24(21,22)18-8-1-3-9(4-2-8)23-14(16)17/h1-7,14,18H,(H,19,20)/p-1. The van der Waals surface area contributed by atoms with Crippen LogP contribution in [0.3, 0.4) is 0 Å². The lowest BCUT2D eigenvalue weighted by atomic mass is 10.2. The molecular weight excluding hydrogens is 367 g/mol. The van der Waals surface area contributed by atoms with Crippen LogP contribution in [0.25, 0.3) is 0 Å². The molecule has 0 aromatic heterocycles. The van der Waals surface area contributed by atoms with E-state index >= 15 is 0 Å². The zero-order valence-electron chi connectivity index (χ0n) is 11.7. The van der Waals surface area contributed by atoms with Gasteiger partial charge in [-0.3, -0.25) is 4.72 Å². The molecule has 24 heavy (non-hydrogen) atoms. The highest BCUT2D eigenvalue weighted by atomic mass is 32.2. The van der Waals surface area contributed by atoms with E-state index in [1.54, 1.807) is 0 Å². The van der Waals surface area contributed by atoms with Gasteiger partial charge in [-0.1, -0.05) is 11.8 Å². The summed E-state index contributed by atoms with van der Waals surface area (Å²) in [7, 11) is -4.18. The van der Waals surface area contributed by atoms with Gasteiger partial charge in [0.05, 0.1) is 10.9 Å². The second-order valence-electron chi connectivity index (χ2n) is 4.44. The van der Waals surface area contributed by atoms with E-state index in [0.717, 1.165) is 6.07 Å². The Bertz CT molecular complexity index is 855. The maximum absolute atomic E-state index is 13.3. The van der Waals surface area contributed by atoms with Crippen molar-refractivity contribution in [1.29, 1.82) is 0 Å². The van der Waals surface area contributed by atoms with Crippen molar-refractivity contribution in [1.82, 2.24) is 0 Å². The molecule has 0 aliphatic rings. The lowest BCUT2D eigenvalue weighted by molar-refractivity contribution is -0.255. The molecular formula is C14H9F3NO4S2-. The van der Waals surface area contributed by atoms with Crippen molar-refractivity contribution in [3.05, 3.63) is 53.8 Å². The minimum absolute atomic E-state index is 0.0768. The number of anilines is 1. The Balaban J connectivity index is 2.25. The van der Waals surface area contributed by atoms with E-state index in [2.05, 4.69) is 4.72 Å². The molecule has 0 unspecified atom stereocenters. The summed E-state index contributed by atoms with van der Waals surface area (Å²) in [6.07, 6.45) is 0. The van der Waals surface area contributed by atoms with Gasteiger partial charge in [0.2, 0.25) is 0 Å². The molecule has 2 rings (SSSR count). The molecule has 0 bridgehead atoms. The van der Waals surface area contributed by atoms with E-state index in [0.29, 0.717) is 23.9 Å². The summed E-state index contributed by atoms with van der Waals surface area (Å²) in [5.41, 5.74) is -0.811. The molecule has 2 aromatic carbocycles. The summed E-state index contributed by atoms with van der Waals surface area (Å²) in [5.74, 6) is -5.57. The van der Waals surface area contributed by atoms with Gasteiger partial charge in [-0.15, -0.1) is 0 Å². The van der Waals surface area contributed by atoms with Crippen molar-refractivity contribution in [3.8, 4) is 0 Å². The molecule has 1 N–H and O–H groups in total. The maximum atomic E-state index is 13.3. The summed E-state index contributed by atoms with van der Waals surface area (Å²) in [4.78, 5) is 10.5. The van der Waals surface area contributed by atoms with Crippen LogP contribution in [0, 0.1) is 5.82 Å². The highest BCUT2D eigenvalue weighted by Gasteiger charge is 2.17. The number of hydrogen-bond donors (Lipinski definition) is 1. The number of carboxylic acids is 1. The Kier molecular flexibility index (Phi) is 5.40. The summed E-state index contributed by atoms with van der Waals surface area (Å²) < 4.78 is 64.2. The van der Waals surface area contributed by atoms with Crippen LogP contribution in [-0.4, -0.2) is 20.1 Å². The number of halogens is 3. The quantitative estimate of drug-likeness (QED) is 0.782. The van der Waals surface area contributed by atoms with Gasteiger partial charge in [0, 0.05) is 16.1 Å². The Hall–Kier alpha value is -2.20. The summed E-state index contributed by atoms with van der Waals surface area (Å²) in [6.45, 7) is 0. The molecule has 0 spiro atoms. The van der Waals surface area contributed by atoms with Gasteiger partial charge in [0.15, 0.2) is 0 Å². The number of sulfonamides is 1. The predicted molar refractivity (Wildman–Crippen MR) is 79.8 cm³/mol. The highest BCUT2D eigenvalue weighted by molar-refractivity contribution is 7.99. The van der Waals surface area contributed by atoms with Gasteiger partial charge in [0.25, 0.3) is 15.8 Å². The molecule has 0 fully saturated rings. The number of carboxylic acid groups (broad SMARTS) is 1. The molecule has 0 aliphatic carbocycles. The van der Waals surface area contributed by atoms with Crippen molar-refractivity contribution >= 4 is 33.4 Å². The first-order chi connectivity index (χ1) is 11.2. The first-order valence-corrected chi connectivity index (χ1v) is 8.64. The fraction of sp³-hybridized carbons (Fsp3) is 0.0714. The minimum atomic E-state index is -4.18. The third kappa shape index (κ3) is 4.42. The number of carbonyl (C=O) groups excluding carboxylic acids is 1. The van der Waals surface area contributed by atoms with Crippen molar-refractivity contribution < 1.29 is 31.5 Å². The van der Waals surface area contributed by atoms with Crippen molar-refractivity contribution in [2.45, 2.75) is 15.5 Å². The van der Waals surface area contributed by atoms with E-state index in [-0.39, 0.29) is 10.6 Å². The Morgan fingerprint density at radius 3 is 2.29 bits per heavy atom. The zero-order valence-corrected chi connectivity index (χ0v) is 13.3. The van der Waals surface area contributed by atoms with E-state index in [1.807, 2.05) is 0 Å². The third-order valence-corrected chi connectivity index (χ3v) is 4.90. The normalized spacial score (nSPS) is 11.5. The number of hydrogen-bond acceptors (Lipinski definition) is 5. The smallest absolute Gasteiger partial charge is 0.288 e. The average molecular weight is 376 g/mol. The molecule has 0 radical (unpaired) electrons. The van der Waals surface area contributed by atoms with Gasteiger partial charge in [-0.25, -0.2) is 12.8 Å². The molecule has 0 amide bonds. The second-order valence-corrected chi connectivity index (χ2v) is 7.18. The van der Waals surface area contributed by atoms with E-state index in [9.17, 15) is 31.5 Å². The van der Waals surface area contributed by atoms with Crippen LogP contribution in [0.1, 0.15) is 10.4 Å². The number of thioether (sulfide) groups is 1. The first kappa shape index (κ1) is 18.1. The molecule has 0 saturated heterocycles. The topological polar surface area (TPSA) is 86.3 Å². The fourth-order valence-corrected chi connectivity index (χ4v) is 3.33. The predicted octanol–water partition coefficient (Wildman–Crippen LogP) is 2.30. The Labute approximate surface area is 139 Å². The monoisotopic (exact) mass is 376 g/mol. The van der Waals surface area contributed by atoms with Crippen molar-refractivity contribution in [3.63, 3.8) is 0 Å². The van der Waals surface area contributed by atoms with Gasteiger partial charge >= 0.3 is 0 Å². The Morgan fingerprint density at radius 2 is 1.75 bits per heavy atom. The molecule has 10 heteroatoms. The largest absolute Gasteiger partial charge is 0.545 e. The van der Waals surface area contributed by atoms with Gasteiger partial charge in [-0.2, -0.15) is 8.78 Å². The maximum Gasteiger partial charge on any atom is 0.288 e. The number of nitrogens with one attached hydrogen (secondary N) is 1. The van der Waals surface area contributed by atoms with Gasteiger partial charge < -0.3 is 9.90 Å². The lowest BCUT2D eigenvalue weighted by Gasteiger charge is -2.11. The molecule has 0 atom stereocenters. The summed E-state index contributed by atoms with van der Waals surface area (Å²) >= 11 is 0.304. The van der Waals surface area contributed by atoms with E-state index in [1.165, 1.54) is 24.3 Å². The number of aromatic carboxylic acids is 1. The number of benzene rings is 2. The van der Waals surface area contributed by atoms with Crippen LogP contribution in [0.15, 0.2) is 52.3 Å².